The molecule has 0 saturated carbocycles. The molecule has 1 aromatic heterocycles. The largest absolute Gasteiger partial charge is 0.497 e. The van der Waals surface area contributed by atoms with E-state index in [9.17, 15) is 0 Å². The first-order chi connectivity index (χ1) is 9.69. The molecule has 4 nitrogen and oxygen atoms in total. The third-order valence-electron chi connectivity index (χ3n) is 3.99. The zero-order valence-corrected chi connectivity index (χ0v) is 12.3. The molecule has 0 spiro atoms. The van der Waals surface area contributed by atoms with Gasteiger partial charge in [-0.1, -0.05) is 6.07 Å². The molecule has 20 heavy (non-hydrogen) atoms. The van der Waals surface area contributed by atoms with Gasteiger partial charge in [-0.3, -0.25) is 0 Å². The molecule has 0 aliphatic carbocycles. The van der Waals surface area contributed by atoms with Crippen molar-refractivity contribution >= 4 is 16.6 Å². The van der Waals surface area contributed by atoms with E-state index in [2.05, 4.69) is 47.2 Å². The fraction of sp³-hybridized carbons (Fsp3) is 0.438. The maximum Gasteiger partial charge on any atom is 0.136 e. The van der Waals surface area contributed by atoms with Crippen molar-refractivity contribution in [2.45, 2.75) is 25.9 Å². The molecule has 1 fully saturated rings. The third kappa shape index (κ3) is 2.31. The van der Waals surface area contributed by atoms with Crippen LogP contribution in [0.5, 0.6) is 5.75 Å². The topological polar surface area (TPSA) is 37.4 Å². The highest BCUT2D eigenvalue weighted by atomic mass is 16.5. The number of ether oxygens (including phenoxy) is 1. The molecule has 1 N–H and O–H groups in total. The fourth-order valence-corrected chi connectivity index (χ4v) is 2.80. The number of nitrogens with one attached hydrogen (secondary N) is 1. The van der Waals surface area contributed by atoms with Gasteiger partial charge in [0.2, 0.25) is 0 Å². The van der Waals surface area contributed by atoms with Crippen LogP contribution < -0.4 is 15.0 Å². The number of rotatable bonds is 2. The Morgan fingerprint density at radius 1 is 1.30 bits per heavy atom. The van der Waals surface area contributed by atoms with E-state index in [0.717, 1.165) is 30.0 Å². The molecule has 2 unspecified atom stereocenters. The van der Waals surface area contributed by atoms with Gasteiger partial charge in [-0.05, 0) is 37.4 Å². The Bertz CT molecular complexity index is 614. The summed E-state index contributed by atoms with van der Waals surface area (Å²) in [5.74, 6) is 1.94. The predicted octanol–water partition coefficient (Wildman–Crippen LogP) is 2.43. The van der Waals surface area contributed by atoms with Crippen molar-refractivity contribution in [1.29, 1.82) is 0 Å². The van der Waals surface area contributed by atoms with Crippen molar-refractivity contribution in [3.05, 3.63) is 30.5 Å². The van der Waals surface area contributed by atoms with Gasteiger partial charge in [-0.15, -0.1) is 0 Å². The van der Waals surface area contributed by atoms with Gasteiger partial charge in [0.05, 0.1) is 7.11 Å². The van der Waals surface area contributed by atoms with Gasteiger partial charge in [0.1, 0.15) is 11.6 Å². The standard InChI is InChI=1S/C16H21N3O/c1-11-10-19(12(2)9-18-11)16-15-8-14(20-3)5-4-13(15)6-7-17-16/h4-8,11-12,18H,9-10H2,1-3H3. The summed E-state index contributed by atoms with van der Waals surface area (Å²) in [6.07, 6.45) is 1.89. The number of aromatic nitrogens is 1. The van der Waals surface area contributed by atoms with Crippen LogP contribution >= 0.6 is 0 Å². The highest BCUT2D eigenvalue weighted by molar-refractivity contribution is 5.93. The highest BCUT2D eigenvalue weighted by Crippen LogP contribution is 2.29. The van der Waals surface area contributed by atoms with Crippen LogP contribution in [-0.4, -0.2) is 37.3 Å². The smallest absolute Gasteiger partial charge is 0.136 e. The maximum atomic E-state index is 5.35. The van der Waals surface area contributed by atoms with E-state index in [-0.39, 0.29) is 0 Å². The van der Waals surface area contributed by atoms with Crippen LogP contribution in [0, 0.1) is 0 Å². The lowest BCUT2D eigenvalue weighted by Gasteiger charge is -2.38. The van der Waals surface area contributed by atoms with Crippen molar-refractivity contribution in [2.75, 3.05) is 25.1 Å². The summed E-state index contributed by atoms with van der Waals surface area (Å²) < 4.78 is 5.35. The molecule has 2 heterocycles. The first kappa shape index (κ1) is 13.2. The molecule has 2 atom stereocenters. The number of nitrogens with zero attached hydrogens (tertiary/aromatic N) is 2. The quantitative estimate of drug-likeness (QED) is 0.910. The molecule has 106 valence electrons. The van der Waals surface area contributed by atoms with E-state index in [1.165, 1.54) is 5.39 Å². The molecule has 2 aromatic rings. The fourth-order valence-electron chi connectivity index (χ4n) is 2.80. The maximum absolute atomic E-state index is 5.35. The van der Waals surface area contributed by atoms with Crippen LogP contribution in [0.15, 0.2) is 30.5 Å². The van der Waals surface area contributed by atoms with Gasteiger partial charge >= 0.3 is 0 Å². The number of benzene rings is 1. The van der Waals surface area contributed by atoms with E-state index in [1.54, 1.807) is 7.11 Å². The van der Waals surface area contributed by atoms with Crippen LogP contribution in [0.4, 0.5) is 5.82 Å². The number of hydrogen-bond acceptors (Lipinski definition) is 4. The third-order valence-corrected chi connectivity index (χ3v) is 3.99. The van der Waals surface area contributed by atoms with Gasteiger partial charge in [-0.2, -0.15) is 0 Å². The predicted molar refractivity (Wildman–Crippen MR) is 82.6 cm³/mol. The molecule has 1 aliphatic rings. The zero-order chi connectivity index (χ0) is 14.1. The summed E-state index contributed by atoms with van der Waals surface area (Å²) in [5.41, 5.74) is 0. The van der Waals surface area contributed by atoms with Gasteiger partial charge in [0.15, 0.2) is 0 Å². The summed E-state index contributed by atoms with van der Waals surface area (Å²) in [6.45, 7) is 6.41. The summed E-state index contributed by atoms with van der Waals surface area (Å²) in [6, 6.07) is 9.14. The SMILES string of the molecule is COc1ccc2ccnc(N3CC(C)NCC3C)c2c1. The van der Waals surface area contributed by atoms with Crippen LogP contribution in [0.1, 0.15) is 13.8 Å². The minimum atomic E-state index is 0.440. The summed E-state index contributed by atoms with van der Waals surface area (Å²) in [7, 11) is 1.70. The van der Waals surface area contributed by atoms with Crippen LogP contribution in [0.25, 0.3) is 10.8 Å². The molecule has 0 amide bonds. The molecule has 1 aromatic carbocycles. The van der Waals surface area contributed by atoms with Gasteiger partial charge in [0, 0.05) is 36.8 Å². The van der Waals surface area contributed by atoms with E-state index in [0.29, 0.717) is 12.1 Å². The van der Waals surface area contributed by atoms with E-state index < -0.39 is 0 Å². The molecule has 1 saturated heterocycles. The van der Waals surface area contributed by atoms with Crippen LogP contribution in [0.3, 0.4) is 0 Å². The molecular formula is C16H21N3O. The summed E-state index contributed by atoms with van der Waals surface area (Å²) in [5, 5.41) is 5.87. The van der Waals surface area contributed by atoms with Crippen molar-refractivity contribution in [2.24, 2.45) is 0 Å². The normalized spacial score (nSPS) is 23.1. The second-order valence-electron chi connectivity index (χ2n) is 5.53. The second-order valence-corrected chi connectivity index (χ2v) is 5.53. The lowest BCUT2D eigenvalue weighted by Crippen LogP contribution is -2.54. The van der Waals surface area contributed by atoms with Gasteiger partial charge in [-0.25, -0.2) is 4.98 Å². The Hall–Kier alpha value is -1.81. The number of pyridine rings is 1. The van der Waals surface area contributed by atoms with E-state index in [1.807, 2.05) is 12.3 Å². The Balaban J connectivity index is 2.09. The Kier molecular flexibility index (Phi) is 3.49. The molecule has 1 aliphatic heterocycles. The number of fused-ring (bicyclic) bond motifs is 1. The molecule has 0 bridgehead atoms. The molecule has 0 radical (unpaired) electrons. The Morgan fingerprint density at radius 2 is 2.15 bits per heavy atom. The lowest BCUT2D eigenvalue weighted by molar-refractivity contribution is 0.415. The van der Waals surface area contributed by atoms with Crippen LogP contribution in [-0.2, 0) is 0 Å². The van der Waals surface area contributed by atoms with Crippen molar-refractivity contribution in [1.82, 2.24) is 10.3 Å². The molecular weight excluding hydrogens is 250 g/mol. The number of piperazine rings is 1. The van der Waals surface area contributed by atoms with E-state index in [4.69, 9.17) is 4.74 Å². The van der Waals surface area contributed by atoms with Crippen molar-refractivity contribution in [3.8, 4) is 5.75 Å². The summed E-state index contributed by atoms with van der Waals surface area (Å²) in [4.78, 5) is 7.03. The van der Waals surface area contributed by atoms with E-state index >= 15 is 0 Å². The van der Waals surface area contributed by atoms with Gasteiger partial charge < -0.3 is 15.0 Å². The minimum absolute atomic E-state index is 0.440. The Labute approximate surface area is 119 Å². The first-order valence-corrected chi connectivity index (χ1v) is 7.12. The summed E-state index contributed by atoms with van der Waals surface area (Å²) >= 11 is 0. The van der Waals surface area contributed by atoms with Crippen molar-refractivity contribution < 1.29 is 4.74 Å². The highest BCUT2D eigenvalue weighted by Gasteiger charge is 2.24. The number of anilines is 1. The zero-order valence-electron chi connectivity index (χ0n) is 12.3. The Morgan fingerprint density at radius 3 is 2.95 bits per heavy atom. The van der Waals surface area contributed by atoms with Crippen LogP contribution in [0.2, 0.25) is 0 Å². The second kappa shape index (κ2) is 5.29. The van der Waals surface area contributed by atoms with Gasteiger partial charge in [0.25, 0.3) is 0 Å². The monoisotopic (exact) mass is 271 g/mol. The lowest BCUT2D eigenvalue weighted by atomic mass is 10.1. The minimum Gasteiger partial charge on any atom is -0.497 e. The first-order valence-electron chi connectivity index (χ1n) is 7.12. The van der Waals surface area contributed by atoms with Crippen molar-refractivity contribution in [3.63, 3.8) is 0 Å². The molecule has 4 heteroatoms. The average Bonchev–Trinajstić information content (AvgIpc) is 2.48. The number of hydrogen-bond donors (Lipinski definition) is 1. The number of methoxy groups -OCH3 is 1. The molecule has 3 rings (SSSR count). The average molecular weight is 271 g/mol.